The standard InChI is InChI=1S/C29H29F6N7/c1-40-38-27(37-39-40)42(16-20-10-22(28(30,31)32)12-23(11-20)29(33,34)35)17-21-13-36-25-5-3-2-4-24(25)26(21)41(14-18-6-7-18)15-19-8-9-19/h2-5,10-13,18-19H,6-9,14-17H2,1H3. The molecule has 7 nitrogen and oxygen atoms in total. The summed E-state index contributed by atoms with van der Waals surface area (Å²) >= 11 is 0. The quantitative estimate of drug-likeness (QED) is 0.194. The van der Waals surface area contributed by atoms with Crippen LogP contribution in [0.1, 0.15) is 47.9 Å². The number of hydrogen-bond donors (Lipinski definition) is 0. The van der Waals surface area contributed by atoms with Gasteiger partial charge in [-0.2, -0.15) is 31.1 Å². The molecule has 6 rings (SSSR count). The van der Waals surface area contributed by atoms with Crippen molar-refractivity contribution >= 4 is 22.5 Å². The van der Waals surface area contributed by atoms with Gasteiger partial charge in [-0.3, -0.25) is 4.98 Å². The maximum Gasteiger partial charge on any atom is 0.416 e. The van der Waals surface area contributed by atoms with Gasteiger partial charge in [0.25, 0.3) is 5.95 Å². The number of anilines is 2. The van der Waals surface area contributed by atoms with Gasteiger partial charge in [0.15, 0.2) is 0 Å². The van der Waals surface area contributed by atoms with Crippen molar-refractivity contribution in [2.75, 3.05) is 22.9 Å². The van der Waals surface area contributed by atoms with E-state index >= 15 is 0 Å². The van der Waals surface area contributed by atoms with E-state index in [9.17, 15) is 26.3 Å². The van der Waals surface area contributed by atoms with Crippen molar-refractivity contribution in [3.8, 4) is 0 Å². The first-order valence-corrected chi connectivity index (χ1v) is 13.8. The van der Waals surface area contributed by atoms with Gasteiger partial charge in [0, 0.05) is 43.3 Å². The highest BCUT2D eigenvalue weighted by molar-refractivity contribution is 5.93. The second-order valence-electron chi connectivity index (χ2n) is 11.3. The van der Waals surface area contributed by atoms with Crippen LogP contribution in [0.4, 0.5) is 38.0 Å². The second-order valence-corrected chi connectivity index (χ2v) is 11.3. The minimum atomic E-state index is -4.95. The predicted molar refractivity (Wildman–Crippen MR) is 145 cm³/mol. The first-order chi connectivity index (χ1) is 19.9. The highest BCUT2D eigenvalue weighted by atomic mass is 19.4. The number of halogens is 6. The molecule has 0 amide bonds. The Morgan fingerprint density at radius 3 is 2.00 bits per heavy atom. The third kappa shape index (κ3) is 6.44. The van der Waals surface area contributed by atoms with Crippen LogP contribution in [0.2, 0.25) is 0 Å². The van der Waals surface area contributed by atoms with Crippen LogP contribution in [0.3, 0.4) is 0 Å². The van der Waals surface area contributed by atoms with E-state index in [1.54, 1.807) is 11.1 Å². The molecule has 2 aliphatic rings. The summed E-state index contributed by atoms with van der Waals surface area (Å²) in [5, 5.41) is 13.1. The average Bonchev–Trinajstić information content (AvgIpc) is 3.87. The van der Waals surface area contributed by atoms with Crippen molar-refractivity contribution in [2.45, 2.75) is 51.1 Å². The van der Waals surface area contributed by atoms with E-state index in [0.29, 0.717) is 11.8 Å². The van der Waals surface area contributed by atoms with E-state index in [0.717, 1.165) is 73.1 Å². The topological polar surface area (TPSA) is 63.0 Å². The van der Waals surface area contributed by atoms with Crippen LogP contribution in [0.15, 0.2) is 48.7 Å². The van der Waals surface area contributed by atoms with Crippen LogP contribution in [0.25, 0.3) is 10.9 Å². The summed E-state index contributed by atoms with van der Waals surface area (Å²) < 4.78 is 81.7. The molecule has 2 fully saturated rings. The number of pyridine rings is 1. The molecule has 0 aliphatic heterocycles. The number of para-hydroxylation sites is 1. The van der Waals surface area contributed by atoms with Crippen molar-refractivity contribution in [2.24, 2.45) is 18.9 Å². The molecule has 2 aliphatic carbocycles. The zero-order valence-electron chi connectivity index (χ0n) is 22.8. The molecule has 0 spiro atoms. The van der Waals surface area contributed by atoms with E-state index in [2.05, 4.69) is 25.3 Å². The zero-order valence-corrected chi connectivity index (χ0v) is 22.8. The lowest BCUT2D eigenvalue weighted by Crippen LogP contribution is -2.31. The molecule has 0 radical (unpaired) electrons. The summed E-state index contributed by atoms with van der Waals surface area (Å²) in [5.74, 6) is 1.26. The Bertz CT molecular complexity index is 1530. The summed E-state index contributed by atoms with van der Waals surface area (Å²) in [5.41, 5.74) is -0.337. The first kappa shape index (κ1) is 28.2. The van der Waals surface area contributed by atoms with Gasteiger partial charge < -0.3 is 9.80 Å². The predicted octanol–water partition coefficient (Wildman–Crippen LogP) is 6.63. The molecule has 222 valence electrons. The van der Waals surface area contributed by atoms with E-state index in [4.69, 9.17) is 0 Å². The van der Waals surface area contributed by atoms with E-state index in [-0.39, 0.29) is 30.7 Å². The molecule has 2 saturated carbocycles. The number of benzene rings is 2. The SMILES string of the molecule is Cn1nnc(N(Cc2cc(C(F)(F)F)cc(C(F)(F)F)c2)Cc2cnc3ccccc3c2N(CC2CC2)CC2CC2)n1. The third-order valence-corrected chi connectivity index (χ3v) is 7.65. The van der Waals surface area contributed by atoms with E-state index in [1.165, 1.54) is 11.8 Å². The fourth-order valence-electron chi connectivity index (χ4n) is 5.27. The van der Waals surface area contributed by atoms with Crippen molar-refractivity contribution in [1.82, 2.24) is 25.2 Å². The summed E-state index contributed by atoms with van der Waals surface area (Å²) in [6.45, 7) is 1.55. The molecule has 0 saturated heterocycles. The van der Waals surface area contributed by atoms with Gasteiger partial charge in [-0.05, 0) is 72.6 Å². The van der Waals surface area contributed by atoms with Crippen molar-refractivity contribution < 1.29 is 26.3 Å². The van der Waals surface area contributed by atoms with Gasteiger partial charge in [0.1, 0.15) is 0 Å². The summed E-state index contributed by atoms with van der Waals surface area (Å²) in [6.07, 6.45) is -3.53. The normalized spacial score (nSPS) is 15.8. The lowest BCUT2D eigenvalue weighted by Gasteiger charge is -2.30. The Hall–Kier alpha value is -3.90. The maximum absolute atomic E-state index is 13.6. The maximum atomic E-state index is 13.6. The summed E-state index contributed by atoms with van der Waals surface area (Å²) in [4.78, 5) is 9.79. The Morgan fingerprint density at radius 2 is 1.45 bits per heavy atom. The van der Waals surface area contributed by atoms with Gasteiger partial charge in [0.05, 0.1) is 29.4 Å². The molecule has 0 atom stereocenters. The van der Waals surface area contributed by atoms with Gasteiger partial charge in [0.2, 0.25) is 0 Å². The molecular formula is C29H29F6N7. The Balaban J connectivity index is 1.43. The number of fused-ring (bicyclic) bond motifs is 1. The molecule has 0 N–H and O–H groups in total. The Kier molecular flexibility index (Phi) is 7.22. The van der Waals surface area contributed by atoms with Crippen LogP contribution in [0, 0.1) is 11.8 Å². The summed E-state index contributed by atoms with van der Waals surface area (Å²) in [6, 6.07) is 9.39. The number of aryl methyl sites for hydroxylation is 1. The minimum absolute atomic E-state index is 0.0820. The van der Waals surface area contributed by atoms with Crippen molar-refractivity contribution in [1.29, 1.82) is 0 Å². The molecule has 42 heavy (non-hydrogen) atoms. The first-order valence-electron chi connectivity index (χ1n) is 13.8. The monoisotopic (exact) mass is 589 g/mol. The van der Waals surface area contributed by atoms with Crippen molar-refractivity contribution in [3.05, 3.63) is 70.9 Å². The second kappa shape index (κ2) is 10.7. The molecule has 0 unspecified atom stereocenters. The molecule has 2 heterocycles. The number of nitrogens with zero attached hydrogens (tertiary/aromatic N) is 7. The molecule has 2 aromatic carbocycles. The van der Waals surface area contributed by atoms with Gasteiger partial charge >= 0.3 is 12.4 Å². The molecule has 0 bridgehead atoms. The number of aromatic nitrogens is 5. The zero-order chi connectivity index (χ0) is 29.6. The van der Waals surface area contributed by atoms with Crippen LogP contribution in [-0.4, -0.2) is 38.3 Å². The Morgan fingerprint density at radius 1 is 0.833 bits per heavy atom. The number of rotatable bonds is 10. The number of alkyl halides is 6. The minimum Gasteiger partial charge on any atom is -0.370 e. The fraction of sp³-hybridized carbons (Fsp3) is 0.448. The number of tetrazole rings is 1. The summed E-state index contributed by atoms with van der Waals surface area (Å²) in [7, 11) is 1.54. The van der Waals surface area contributed by atoms with Crippen LogP contribution in [-0.2, 0) is 32.5 Å². The highest BCUT2D eigenvalue weighted by Gasteiger charge is 2.37. The van der Waals surface area contributed by atoms with Gasteiger partial charge in [-0.1, -0.05) is 23.3 Å². The third-order valence-electron chi connectivity index (χ3n) is 7.65. The van der Waals surface area contributed by atoms with Gasteiger partial charge in [-0.15, -0.1) is 5.10 Å². The lowest BCUT2D eigenvalue weighted by atomic mass is 10.0. The molecule has 13 heteroatoms. The van der Waals surface area contributed by atoms with Crippen LogP contribution in [0.5, 0.6) is 0 Å². The highest BCUT2D eigenvalue weighted by Crippen LogP contribution is 2.40. The Labute approximate surface area is 238 Å². The smallest absolute Gasteiger partial charge is 0.370 e. The van der Waals surface area contributed by atoms with Crippen LogP contribution < -0.4 is 9.80 Å². The molecule has 2 aromatic heterocycles. The van der Waals surface area contributed by atoms with E-state index in [1.807, 2.05) is 24.3 Å². The van der Waals surface area contributed by atoms with E-state index < -0.39 is 23.5 Å². The largest absolute Gasteiger partial charge is 0.416 e. The fourth-order valence-corrected chi connectivity index (χ4v) is 5.27. The number of hydrogen-bond acceptors (Lipinski definition) is 6. The van der Waals surface area contributed by atoms with Crippen LogP contribution >= 0.6 is 0 Å². The lowest BCUT2D eigenvalue weighted by molar-refractivity contribution is -0.143. The molecular weight excluding hydrogens is 560 g/mol. The average molecular weight is 590 g/mol. The molecule has 4 aromatic rings. The van der Waals surface area contributed by atoms with Gasteiger partial charge in [-0.25, -0.2) is 0 Å². The van der Waals surface area contributed by atoms with Crippen molar-refractivity contribution in [3.63, 3.8) is 0 Å².